The van der Waals surface area contributed by atoms with Gasteiger partial charge in [0.1, 0.15) is 0 Å². The van der Waals surface area contributed by atoms with E-state index >= 15 is 0 Å². The summed E-state index contributed by atoms with van der Waals surface area (Å²) in [6, 6.07) is 7.50. The zero-order valence-corrected chi connectivity index (χ0v) is 17.6. The topological polar surface area (TPSA) is 59.9 Å². The Balaban J connectivity index is 2.14. The predicted octanol–water partition coefficient (Wildman–Crippen LogP) is 5.42. The number of alkyl halides is 3. The van der Waals surface area contributed by atoms with Crippen molar-refractivity contribution in [2.75, 3.05) is 7.11 Å². The molecule has 2 rings (SSSR count). The Labute approximate surface area is 175 Å². The fraction of sp³-hybridized carbons (Fsp3) is 0.300. The Bertz CT molecular complexity index is 901. The highest BCUT2D eigenvalue weighted by molar-refractivity contribution is 9.10. The van der Waals surface area contributed by atoms with Crippen LogP contribution in [0.5, 0.6) is 11.5 Å². The number of benzene rings is 2. The minimum absolute atomic E-state index is 0.00790. The van der Waals surface area contributed by atoms with Crippen LogP contribution in [0.15, 0.2) is 46.0 Å². The Kier molecular flexibility index (Phi) is 7.66. The fourth-order valence-corrected chi connectivity index (χ4v) is 2.83. The largest absolute Gasteiger partial charge is 0.493 e. The van der Waals surface area contributed by atoms with Crippen molar-refractivity contribution in [2.24, 2.45) is 5.10 Å². The molecule has 29 heavy (non-hydrogen) atoms. The highest BCUT2D eigenvalue weighted by Crippen LogP contribution is 2.37. The van der Waals surface area contributed by atoms with Gasteiger partial charge < -0.3 is 9.47 Å². The highest BCUT2D eigenvalue weighted by Gasteiger charge is 2.30. The molecular formula is C20H20BrF3N2O3. The standard InChI is InChI=1S/C20H20BrF3N2O3/c1-4-12(2)29-18-16(21)8-13(9-17(18)28-3)11-25-26-19(27)14-6-5-7-15(10-14)20(22,23)24/h5-12H,4H2,1-3H3,(H,26,27)/b25-11-/t12-/m1/s1. The van der Waals surface area contributed by atoms with E-state index in [-0.39, 0.29) is 11.7 Å². The average molecular weight is 473 g/mol. The van der Waals surface area contributed by atoms with Gasteiger partial charge in [-0.3, -0.25) is 4.79 Å². The van der Waals surface area contributed by atoms with Gasteiger partial charge in [-0.15, -0.1) is 0 Å². The van der Waals surface area contributed by atoms with Crippen LogP contribution in [0.4, 0.5) is 13.2 Å². The molecule has 1 amide bonds. The molecule has 0 spiro atoms. The van der Waals surface area contributed by atoms with E-state index in [1.807, 2.05) is 13.8 Å². The van der Waals surface area contributed by atoms with Gasteiger partial charge in [-0.25, -0.2) is 5.43 Å². The second kappa shape index (κ2) is 9.78. The monoisotopic (exact) mass is 472 g/mol. The molecule has 9 heteroatoms. The molecule has 0 aliphatic rings. The molecule has 1 atom stereocenters. The third-order valence-electron chi connectivity index (χ3n) is 3.98. The quantitative estimate of drug-likeness (QED) is 0.432. The summed E-state index contributed by atoms with van der Waals surface area (Å²) >= 11 is 3.42. The molecule has 2 aromatic carbocycles. The van der Waals surface area contributed by atoms with Crippen LogP contribution in [0.2, 0.25) is 0 Å². The summed E-state index contributed by atoms with van der Waals surface area (Å²) in [5.74, 6) is 0.271. The summed E-state index contributed by atoms with van der Waals surface area (Å²) in [5.41, 5.74) is 1.76. The molecule has 1 N–H and O–H groups in total. The number of halogens is 4. The second-order valence-electron chi connectivity index (χ2n) is 6.15. The van der Waals surface area contributed by atoms with Crippen molar-refractivity contribution in [1.29, 1.82) is 0 Å². The van der Waals surface area contributed by atoms with Crippen LogP contribution in [-0.4, -0.2) is 25.3 Å². The molecule has 2 aromatic rings. The number of nitrogens with zero attached hydrogens (tertiary/aromatic N) is 1. The first kappa shape index (κ1) is 22.7. The third-order valence-corrected chi connectivity index (χ3v) is 4.57. The molecular weight excluding hydrogens is 453 g/mol. The Morgan fingerprint density at radius 2 is 2.03 bits per heavy atom. The predicted molar refractivity (Wildman–Crippen MR) is 108 cm³/mol. The lowest BCUT2D eigenvalue weighted by Gasteiger charge is -2.17. The van der Waals surface area contributed by atoms with Gasteiger partial charge in [-0.05, 0) is 65.2 Å². The van der Waals surface area contributed by atoms with Crippen LogP contribution in [0.1, 0.15) is 41.8 Å². The average Bonchev–Trinajstić information content (AvgIpc) is 2.68. The lowest BCUT2D eigenvalue weighted by Crippen LogP contribution is -2.18. The van der Waals surface area contributed by atoms with Gasteiger partial charge in [0, 0.05) is 5.56 Å². The molecule has 0 bridgehead atoms. The molecule has 0 heterocycles. The van der Waals surface area contributed by atoms with E-state index in [1.54, 1.807) is 12.1 Å². The molecule has 0 aliphatic heterocycles. The van der Waals surface area contributed by atoms with E-state index in [1.165, 1.54) is 25.5 Å². The molecule has 0 unspecified atom stereocenters. The van der Waals surface area contributed by atoms with Gasteiger partial charge in [-0.1, -0.05) is 13.0 Å². The molecule has 156 valence electrons. The van der Waals surface area contributed by atoms with Crippen molar-refractivity contribution in [2.45, 2.75) is 32.5 Å². The van der Waals surface area contributed by atoms with Crippen LogP contribution in [0.25, 0.3) is 0 Å². The number of ether oxygens (including phenoxy) is 2. The number of amides is 1. The number of hydrazone groups is 1. The van der Waals surface area contributed by atoms with Crippen molar-refractivity contribution in [1.82, 2.24) is 5.43 Å². The lowest BCUT2D eigenvalue weighted by atomic mass is 10.1. The van der Waals surface area contributed by atoms with E-state index in [0.717, 1.165) is 18.6 Å². The van der Waals surface area contributed by atoms with Crippen molar-refractivity contribution >= 4 is 28.1 Å². The van der Waals surface area contributed by atoms with Gasteiger partial charge in [0.25, 0.3) is 5.91 Å². The summed E-state index contributed by atoms with van der Waals surface area (Å²) in [4.78, 5) is 12.1. The van der Waals surface area contributed by atoms with Crippen LogP contribution in [-0.2, 0) is 6.18 Å². The van der Waals surface area contributed by atoms with Crippen molar-refractivity contribution < 1.29 is 27.4 Å². The van der Waals surface area contributed by atoms with E-state index in [9.17, 15) is 18.0 Å². The number of methoxy groups -OCH3 is 1. The van der Waals surface area contributed by atoms with Gasteiger partial charge in [0.2, 0.25) is 0 Å². The van der Waals surface area contributed by atoms with Crippen LogP contribution < -0.4 is 14.9 Å². The Hall–Kier alpha value is -2.55. The normalized spacial score (nSPS) is 12.7. The number of carbonyl (C=O) groups is 1. The molecule has 0 radical (unpaired) electrons. The number of carbonyl (C=O) groups excluding carboxylic acids is 1. The van der Waals surface area contributed by atoms with E-state index in [4.69, 9.17) is 9.47 Å². The number of rotatable bonds is 7. The maximum Gasteiger partial charge on any atom is 0.416 e. The minimum Gasteiger partial charge on any atom is -0.493 e. The van der Waals surface area contributed by atoms with Crippen LogP contribution in [0, 0.1) is 0 Å². The van der Waals surface area contributed by atoms with Gasteiger partial charge in [0.05, 0.1) is 29.5 Å². The molecule has 0 aliphatic carbocycles. The smallest absolute Gasteiger partial charge is 0.416 e. The molecule has 0 fully saturated rings. The molecule has 0 saturated carbocycles. The number of hydrogen-bond donors (Lipinski definition) is 1. The fourth-order valence-electron chi connectivity index (χ4n) is 2.28. The molecule has 5 nitrogen and oxygen atoms in total. The van der Waals surface area contributed by atoms with Gasteiger partial charge >= 0.3 is 6.18 Å². The minimum atomic E-state index is -4.53. The maximum absolute atomic E-state index is 12.8. The number of hydrogen-bond acceptors (Lipinski definition) is 4. The zero-order chi connectivity index (χ0) is 21.6. The summed E-state index contributed by atoms with van der Waals surface area (Å²) in [5, 5.41) is 3.81. The summed E-state index contributed by atoms with van der Waals surface area (Å²) in [7, 11) is 1.50. The summed E-state index contributed by atoms with van der Waals surface area (Å²) in [6.07, 6.45) is -2.36. The maximum atomic E-state index is 12.8. The van der Waals surface area contributed by atoms with Crippen molar-refractivity contribution in [3.8, 4) is 11.5 Å². The van der Waals surface area contributed by atoms with Crippen molar-refractivity contribution in [3.63, 3.8) is 0 Å². The van der Waals surface area contributed by atoms with E-state index in [2.05, 4.69) is 26.5 Å². The molecule has 0 aromatic heterocycles. The Morgan fingerprint density at radius 1 is 1.31 bits per heavy atom. The third kappa shape index (κ3) is 6.22. The summed E-state index contributed by atoms with van der Waals surface area (Å²) < 4.78 is 50.1. The van der Waals surface area contributed by atoms with Crippen LogP contribution in [0.3, 0.4) is 0 Å². The summed E-state index contributed by atoms with van der Waals surface area (Å²) in [6.45, 7) is 3.93. The van der Waals surface area contributed by atoms with E-state index < -0.39 is 17.6 Å². The first-order valence-corrected chi connectivity index (χ1v) is 9.49. The number of nitrogens with one attached hydrogen (secondary N) is 1. The van der Waals surface area contributed by atoms with Gasteiger partial charge in [-0.2, -0.15) is 18.3 Å². The van der Waals surface area contributed by atoms with Gasteiger partial charge in [0.15, 0.2) is 11.5 Å². The zero-order valence-electron chi connectivity index (χ0n) is 16.0. The lowest BCUT2D eigenvalue weighted by molar-refractivity contribution is -0.137. The molecule has 0 saturated heterocycles. The second-order valence-corrected chi connectivity index (χ2v) is 7.00. The SMILES string of the molecule is CC[C@@H](C)Oc1c(Br)cc(/C=N\NC(=O)c2cccc(C(F)(F)F)c2)cc1OC. The van der Waals surface area contributed by atoms with Crippen molar-refractivity contribution in [3.05, 3.63) is 57.6 Å². The van der Waals surface area contributed by atoms with E-state index in [0.29, 0.717) is 21.5 Å². The first-order valence-electron chi connectivity index (χ1n) is 8.70. The first-order chi connectivity index (χ1) is 13.7. The highest BCUT2D eigenvalue weighted by atomic mass is 79.9. The van der Waals surface area contributed by atoms with Crippen LogP contribution >= 0.6 is 15.9 Å². The Morgan fingerprint density at radius 3 is 2.66 bits per heavy atom.